The monoisotopic (exact) mass is 193 g/mol. The molecule has 0 aromatic rings. The van der Waals surface area contributed by atoms with Crippen molar-refractivity contribution < 1.29 is 0 Å². The Balaban J connectivity index is 2.54. The Morgan fingerprint density at radius 1 is 1.43 bits per heavy atom. The van der Waals surface area contributed by atoms with Crippen molar-refractivity contribution in [2.75, 3.05) is 0 Å². The normalized spacial score (nSPS) is 19.4. The van der Waals surface area contributed by atoms with Crippen molar-refractivity contribution >= 4 is 0 Å². The van der Waals surface area contributed by atoms with Gasteiger partial charge in [0.25, 0.3) is 0 Å². The lowest BCUT2D eigenvalue weighted by atomic mass is 9.96. The van der Waals surface area contributed by atoms with E-state index in [1.807, 2.05) is 0 Å². The Kier molecular flexibility index (Phi) is 4.24. The second-order valence-electron chi connectivity index (χ2n) is 4.43. The highest BCUT2D eigenvalue weighted by atomic mass is 14.9. The van der Waals surface area contributed by atoms with E-state index in [4.69, 9.17) is 0 Å². The van der Waals surface area contributed by atoms with Crippen LogP contribution in [0, 0.1) is 5.92 Å². The average Bonchev–Trinajstić information content (AvgIpc) is 2.20. The maximum Gasteiger partial charge on any atom is 0.0137 e. The lowest BCUT2D eigenvalue weighted by molar-refractivity contribution is 0.581. The van der Waals surface area contributed by atoms with E-state index in [1.54, 1.807) is 0 Å². The molecule has 0 amide bonds. The Morgan fingerprint density at radius 2 is 2.07 bits per heavy atom. The fourth-order valence-electron chi connectivity index (χ4n) is 1.79. The fourth-order valence-corrected chi connectivity index (χ4v) is 1.79. The Labute approximate surface area is 88.3 Å². The van der Waals surface area contributed by atoms with Crippen LogP contribution >= 0.6 is 0 Å². The minimum Gasteiger partial charge on any atom is -0.363 e. The Bertz CT molecular complexity index is 238. The zero-order chi connectivity index (χ0) is 10.6. The third kappa shape index (κ3) is 2.90. The molecule has 0 saturated carbocycles. The molecule has 1 unspecified atom stereocenters. The first-order valence-corrected chi connectivity index (χ1v) is 5.79. The lowest BCUT2D eigenvalue weighted by Gasteiger charge is -2.23. The van der Waals surface area contributed by atoms with Gasteiger partial charge in [-0.3, -0.25) is 0 Å². The highest BCUT2D eigenvalue weighted by Crippen LogP contribution is 2.24. The van der Waals surface area contributed by atoms with E-state index >= 15 is 0 Å². The van der Waals surface area contributed by atoms with Gasteiger partial charge in [0.2, 0.25) is 0 Å². The van der Waals surface area contributed by atoms with Gasteiger partial charge in [-0.25, -0.2) is 0 Å². The van der Waals surface area contributed by atoms with Crippen LogP contribution in [-0.4, -0.2) is 0 Å². The molecule has 1 N–H and O–H groups in total. The molecule has 14 heavy (non-hydrogen) atoms. The molecule has 1 nitrogen and oxygen atoms in total. The second-order valence-corrected chi connectivity index (χ2v) is 4.43. The van der Waals surface area contributed by atoms with E-state index in [2.05, 4.69) is 32.7 Å². The Morgan fingerprint density at radius 3 is 2.64 bits per heavy atom. The van der Waals surface area contributed by atoms with Crippen LogP contribution < -0.4 is 5.32 Å². The predicted molar refractivity (Wildman–Crippen MR) is 62.9 cm³/mol. The van der Waals surface area contributed by atoms with Crippen LogP contribution in [0.4, 0.5) is 0 Å². The second kappa shape index (κ2) is 5.23. The SMILES string of the molecule is C=C(NC1=C(C)CCCC1)C(C)CC. The molecular formula is C13H23N. The predicted octanol–water partition coefficient (Wildman–Crippen LogP) is 3.98. The first-order chi connectivity index (χ1) is 6.65. The van der Waals surface area contributed by atoms with Crippen molar-refractivity contribution in [2.45, 2.75) is 52.9 Å². The zero-order valence-corrected chi connectivity index (χ0v) is 9.82. The summed E-state index contributed by atoms with van der Waals surface area (Å²) < 4.78 is 0. The van der Waals surface area contributed by atoms with Gasteiger partial charge < -0.3 is 5.32 Å². The van der Waals surface area contributed by atoms with Gasteiger partial charge in [-0.2, -0.15) is 0 Å². The van der Waals surface area contributed by atoms with E-state index < -0.39 is 0 Å². The van der Waals surface area contributed by atoms with Crippen LogP contribution in [0.25, 0.3) is 0 Å². The van der Waals surface area contributed by atoms with E-state index in [9.17, 15) is 0 Å². The molecule has 1 aliphatic rings. The number of rotatable bonds is 4. The molecule has 0 spiro atoms. The highest BCUT2D eigenvalue weighted by molar-refractivity contribution is 5.18. The molecule has 1 aliphatic carbocycles. The van der Waals surface area contributed by atoms with E-state index in [0.717, 1.165) is 6.42 Å². The van der Waals surface area contributed by atoms with Crippen LogP contribution in [0.1, 0.15) is 52.9 Å². The third-order valence-electron chi connectivity index (χ3n) is 3.26. The standard InChI is InChI=1S/C13H23N/c1-5-10(2)12(4)14-13-9-7-6-8-11(13)3/h10,14H,4-9H2,1-3H3. The van der Waals surface area contributed by atoms with E-state index in [1.165, 1.54) is 42.7 Å². The molecule has 0 fully saturated rings. The molecular weight excluding hydrogens is 170 g/mol. The van der Waals surface area contributed by atoms with Crippen LogP contribution in [0.15, 0.2) is 23.5 Å². The summed E-state index contributed by atoms with van der Waals surface area (Å²) >= 11 is 0. The van der Waals surface area contributed by atoms with E-state index in [-0.39, 0.29) is 0 Å². The molecule has 0 aromatic heterocycles. The summed E-state index contributed by atoms with van der Waals surface area (Å²) in [5.41, 5.74) is 4.14. The van der Waals surface area contributed by atoms with Gasteiger partial charge >= 0.3 is 0 Å². The number of nitrogens with one attached hydrogen (secondary N) is 1. The molecule has 80 valence electrons. The number of allylic oxidation sites excluding steroid dienone is 3. The van der Waals surface area contributed by atoms with Crippen molar-refractivity contribution in [1.29, 1.82) is 0 Å². The quantitative estimate of drug-likeness (QED) is 0.712. The van der Waals surface area contributed by atoms with Crippen molar-refractivity contribution in [2.24, 2.45) is 5.92 Å². The van der Waals surface area contributed by atoms with Gasteiger partial charge in [0.1, 0.15) is 0 Å². The summed E-state index contributed by atoms with van der Waals surface area (Å²) in [6.45, 7) is 10.8. The first kappa shape index (κ1) is 11.4. The number of hydrogen-bond acceptors (Lipinski definition) is 1. The number of hydrogen-bond donors (Lipinski definition) is 1. The largest absolute Gasteiger partial charge is 0.363 e. The molecule has 1 rings (SSSR count). The molecule has 0 saturated heterocycles. The molecule has 1 heteroatoms. The molecule has 0 aliphatic heterocycles. The molecule has 0 heterocycles. The Hall–Kier alpha value is -0.720. The van der Waals surface area contributed by atoms with Crippen LogP contribution in [0.3, 0.4) is 0 Å². The molecule has 0 aromatic carbocycles. The fraction of sp³-hybridized carbons (Fsp3) is 0.692. The van der Waals surface area contributed by atoms with Crippen molar-refractivity contribution in [1.82, 2.24) is 5.32 Å². The summed E-state index contributed by atoms with van der Waals surface area (Å²) in [5.74, 6) is 0.581. The third-order valence-corrected chi connectivity index (χ3v) is 3.26. The topological polar surface area (TPSA) is 12.0 Å². The highest BCUT2D eigenvalue weighted by Gasteiger charge is 2.11. The maximum absolute atomic E-state index is 4.11. The average molecular weight is 193 g/mol. The molecule has 1 atom stereocenters. The lowest BCUT2D eigenvalue weighted by Crippen LogP contribution is -2.20. The van der Waals surface area contributed by atoms with Crippen LogP contribution in [0.2, 0.25) is 0 Å². The van der Waals surface area contributed by atoms with Gasteiger partial charge in [-0.15, -0.1) is 0 Å². The summed E-state index contributed by atoms with van der Waals surface area (Å²) in [6, 6.07) is 0. The smallest absolute Gasteiger partial charge is 0.0137 e. The van der Waals surface area contributed by atoms with Gasteiger partial charge in [-0.1, -0.05) is 26.0 Å². The van der Waals surface area contributed by atoms with Crippen molar-refractivity contribution in [3.05, 3.63) is 23.5 Å². The van der Waals surface area contributed by atoms with Gasteiger partial charge in [-0.05, 0) is 44.9 Å². The molecule has 0 radical (unpaired) electrons. The van der Waals surface area contributed by atoms with E-state index in [0.29, 0.717) is 5.92 Å². The summed E-state index contributed by atoms with van der Waals surface area (Å²) in [5, 5.41) is 3.50. The zero-order valence-electron chi connectivity index (χ0n) is 9.82. The van der Waals surface area contributed by atoms with Crippen LogP contribution in [-0.2, 0) is 0 Å². The van der Waals surface area contributed by atoms with Crippen molar-refractivity contribution in [3.63, 3.8) is 0 Å². The van der Waals surface area contributed by atoms with Gasteiger partial charge in [0, 0.05) is 11.4 Å². The minimum absolute atomic E-state index is 0.581. The maximum atomic E-state index is 4.11. The van der Waals surface area contributed by atoms with Crippen molar-refractivity contribution in [3.8, 4) is 0 Å². The summed E-state index contributed by atoms with van der Waals surface area (Å²) in [4.78, 5) is 0. The van der Waals surface area contributed by atoms with Gasteiger partial charge in [0.15, 0.2) is 0 Å². The van der Waals surface area contributed by atoms with Gasteiger partial charge in [0.05, 0.1) is 0 Å². The molecule has 0 bridgehead atoms. The summed E-state index contributed by atoms with van der Waals surface area (Å²) in [6.07, 6.45) is 6.32. The van der Waals surface area contributed by atoms with Crippen LogP contribution in [0.5, 0.6) is 0 Å². The summed E-state index contributed by atoms with van der Waals surface area (Å²) in [7, 11) is 0. The first-order valence-electron chi connectivity index (χ1n) is 5.79. The minimum atomic E-state index is 0.581.